The molecule has 0 bridgehead atoms. The first kappa shape index (κ1) is 10.2. The Hall–Kier alpha value is 0.130. The zero-order valence-corrected chi connectivity index (χ0v) is 8.58. The van der Waals surface area contributed by atoms with Gasteiger partial charge in [-0.1, -0.05) is 0 Å². The van der Waals surface area contributed by atoms with Gasteiger partial charge in [-0.3, -0.25) is 4.79 Å². The normalized spacial score (nSPS) is 20.8. The van der Waals surface area contributed by atoms with Crippen LogP contribution in [0.25, 0.3) is 0 Å². The minimum Gasteiger partial charge on any atom is -0.392 e. The molecule has 3 nitrogen and oxygen atoms in total. The molecule has 0 saturated carbocycles. The quantitative estimate of drug-likeness (QED) is 0.698. The van der Waals surface area contributed by atoms with E-state index in [2.05, 4.69) is 5.32 Å². The zero-order chi connectivity index (χ0) is 8.97. The van der Waals surface area contributed by atoms with Crippen molar-refractivity contribution >= 4 is 29.4 Å². The largest absolute Gasteiger partial charge is 0.392 e. The molecule has 1 aliphatic rings. The standard InChI is InChI=1S/C7H13NO2S2/c1-5(9)4-8-6(10)7-11-2-3-12-7/h5,7,9H,2-4H2,1H3,(H,8,10)/t5-/m0/s1. The lowest BCUT2D eigenvalue weighted by Crippen LogP contribution is -2.34. The van der Waals surface area contributed by atoms with Gasteiger partial charge in [0.1, 0.15) is 4.58 Å². The number of hydrogen-bond donors (Lipinski definition) is 2. The number of hydrogen-bond acceptors (Lipinski definition) is 4. The van der Waals surface area contributed by atoms with Crippen LogP contribution in [0.2, 0.25) is 0 Å². The average Bonchev–Trinajstić information content (AvgIpc) is 2.51. The SMILES string of the molecule is C[C@H](O)CNC(=O)C1SCCS1. The first-order valence-corrected chi connectivity index (χ1v) is 5.99. The predicted octanol–water partition coefficient (Wildman–Crippen LogP) is 0.290. The van der Waals surface area contributed by atoms with Crippen LogP contribution in [0.4, 0.5) is 0 Å². The van der Waals surface area contributed by atoms with E-state index in [0.29, 0.717) is 6.54 Å². The molecular formula is C7H13NO2S2. The Kier molecular flexibility index (Phi) is 4.25. The summed E-state index contributed by atoms with van der Waals surface area (Å²) in [6, 6.07) is 0. The molecule has 2 N–H and O–H groups in total. The van der Waals surface area contributed by atoms with E-state index in [-0.39, 0.29) is 10.5 Å². The molecule has 0 unspecified atom stereocenters. The van der Waals surface area contributed by atoms with Gasteiger partial charge in [0.2, 0.25) is 5.91 Å². The lowest BCUT2D eigenvalue weighted by molar-refractivity contribution is -0.119. The molecule has 0 aromatic rings. The van der Waals surface area contributed by atoms with Gasteiger partial charge < -0.3 is 10.4 Å². The fraction of sp³-hybridized carbons (Fsp3) is 0.857. The molecule has 70 valence electrons. The highest BCUT2D eigenvalue weighted by Gasteiger charge is 2.23. The van der Waals surface area contributed by atoms with Crippen molar-refractivity contribution in [3.05, 3.63) is 0 Å². The molecular weight excluding hydrogens is 194 g/mol. The molecule has 1 amide bonds. The van der Waals surface area contributed by atoms with E-state index in [0.717, 1.165) is 11.5 Å². The minimum atomic E-state index is -0.453. The van der Waals surface area contributed by atoms with Crippen LogP contribution < -0.4 is 5.32 Å². The van der Waals surface area contributed by atoms with Crippen molar-refractivity contribution in [3.63, 3.8) is 0 Å². The summed E-state index contributed by atoms with van der Waals surface area (Å²) in [6.07, 6.45) is -0.453. The second-order valence-corrected chi connectivity index (χ2v) is 5.39. The van der Waals surface area contributed by atoms with Gasteiger partial charge >= 0.3 is 0 Å². The predicted molar refractivity (Wildman–Crippen MR) is 53.4 cm³/mol. The maximum Gasteiger partial charge on any atom is 0.243 e. The van der Waals surface area contributed by atoms with Gasteiger partial charge in [0.05, 0.1) is 6.10 Å². The monoisotopic (exact) mass is 207 g/mol. The molecule has 1 atom stereocenters. The third kappa shape index (κ3) is 3.25. The molecule has 0 aromatic heterocycles. The summed E-state index contributed by atoms with van der Waals surface area (Å²) in [5.41, 5.74) is 0. The molecule has 1 saturated heterocycles. The number of thioether (sulfide) groups is 2. The van der Waals surface area contributed by atoms with E-state index < -0.39 is 6.10 Å². The van der Waals surface area contributed by atoms with Crippen molar-refractivity contribution in [3.8, 4) is 0 Å². The molecule has 5 heteroatoms. The van der Waals surface area contributed by atoms with Gasteiger partial charge in [-0.05, 0) is 6.92 Å². The van der Waals surface area contributed by atoms with Crippen LogP contribution in [0.15, 0.2) is 0 Å². The Balaban J connectivity index is 2.18. The summed E-state index contributed by atoms with van der Waals surface area (Å²) >= 11 is 3.34. The van der Waals surface area contributed by atoms with E-state index in [1.807, 2.05) is 0 Å². The van der Waals surface area contributed by atoms with E-state index in [1.54, 1.807) is 30.4 Å². The number of carbonyl (C=O) groups is 1. The van der Waals surface area contributed by atoms with Crippen LogP contribution in [-0.2, 0) is 4.79 Å². The van der Waals surface area contributed by atoms with Crippen LogP contribution in [-0.4, -0.2) is 39.8 Å². The molecule has 0 aliphatic carbocycles. The Morgan fingerprint density at radius 3 is 2.75 bits per heavy atom. The Morgan fingerprint density at radius 1 is 1.67 bits per heavy atom. The van der Waals surface area contributed by atoms with Gasteiger partial charge in [-0.2, -0.15) is 0 Å². The molecule has 1 rings (SSSR count). The first-order valence-electron chi connectivity index (χ1n) is 3.89. The average molecular weight is 207 g/mol. The topological polar surface area (TPSA) is 49.3 Å². The van der Waals surface area contributed by atoms with Gasteiger partial charge in [0.25, 0.3) is 0 Å². The van der Waals surface area contributed by atoms with Crippen molar-refractivity contribution in [2.45, 2.75) is 17.6 Å². The van der Waals surface area contributed by atoms with Gasteiger partial charge in [0, 0.05) is 18.1 Å². The number of aliphatic hydroxyl groups excluding tert-OH is 1. The maximum absolute atomic E-state index is 11.3. The third-order valence-electron chi connectivity index (χ3n) is 1.41. The van der Waals surface area contributed by atoms with Gasteiger partial charge in [-0.25, -0.2) is 0 Å². The molecule has 0 aromatic carbocycles. The fourth-order valence-electron chi connectivity index (χ4n) is 0.841. The van der Waals surface area contributed by atoms with Crippen LogP contribution >= 0.6 is 23.5 Å². The molecule has 1 heterocycles. The molecule has 0 spiro atoms. The van der Waals surface area contributed by atoms with E-state index in [1.165, 1.54) is 0 Å². The summed E-state index contributed by atoms with van der Waals surface area (Å²) in [6.45, 7) is 2.02. The minimum absolute atomic E-state index is 0.0448. The zero-order valence-electron chi connectivity index (χ0n) is 6.95. The molecule has 0 radical (unpaired) electrons. The van der Waals surface area contributed by atoms with E-state index in [9.17, 15) is 4.79 Å². The maximum atomic E-state index is 11.3. The number of aliphatic hydroxyl groups is 1. The van der Waals surface area contributed by atoms with Gasteiger partial charge in [-0.15, -0.1) is 23.5 Å². The summed E-state index contributed by atoms with van der Waals surface area (Å²) in [7, 11) is 0. The third-order valence-corrected chi connectivity index (χ3v) is 4.40. The summed E-state index contributed by atoms with van der Waals surface area (Å²) in [5.74, 6) is 2.15. The fourth-order valence-corrected chi connectivity index (χ4v) is 3.47. The van der Waals surface area contributed by atoms with Crippen molar-refractivity contribution in [2.24, 2.45) is 0 Å². The highest BCUT2D eigenvalue weighted by molar-refractivity contribution is 8.21. The molecule has 1 fully saturated rings. The van der Waals surface area contributed by atoms with Crippen LogP contribution in [0.5, 0.6) is 0 Å². The Morgan fingerprint density at radius 2 is 2.25 bits per heavy atom. The molecule has 12 heavy (non-hydrogen) atoms. The van der Waals surface area contributed by atoms with Crippen molar-refractivity contribution < 1.29 is 9.90 Å². The van der Waals surface area contributed by atoms with Crippen molar-refractivity contribution in [1.29, 1.82) is 0 Å². The lowest BCUT2D eigenvalue weighted by atomic mass is 10.4. The van der Waals surface area contributed by atoms with E-state index in [4.69, 9.17) is 5.11 Å². The van der Waals surface area contributed by atoms with Crippen molar-refractivity contribution in [1.82, 2.24) is 5.32 Å². The first-order chi connectivity index (χ1) is 5.70. The number of carbonyl (C=O) groups excluding carboxylic acids is 1. The highest BCUT2D eigenvalue weighted by Crippen LogP contribution is 2.31. The van der Waals surface area contributed by atoms with E-state index >= 15 is 0 Å². The lowest BCUT2D eigenvalue weighted by Gasteiger charge is -2.10. The van der Waals surface area contributed by atoms with Crippen LogP contribution in [0, 0.1) is 0 Å². The second-order valence-electron chi connectivity index (χ2n) is 2.67. The number of rotatable bonds is 3. The Labute approximate surface area is 80.7 Å². The summed E-state index contributed by atoms with van der Waals surface area (Å²) < 4.78 is 0.0451. The Bertz CT molecular complexity index is 157. The summed E-state index contributed by atoms with van der Waals surface area (Å²) in [4.78, 5) is 11.3. The van der Waals surface area contributed by atoms with Gasteiger partial charge in [0.15, 0.2) is 0 Å². The smallest absolute Gasteiger partial charge is 0.243 e. The highest BCUT2D eigenvalue weighted by atomic mass is 32.2. The van der Waals surface area contributed by atoms with Crippen molar-refractivity contribution in [2.75, 3.05) is 18.1 Å². The number of amides is 1. The van der Waals surface area contributed by atoms with Crippen LogP contribution in [0.1, 0.15) is 6.92 Å². The number of nitrogens with one attached hydrogen (secondary N) is 1. The second kappa shape index (κ2) is 4.99. The summed E-state index contributed by atoms with van der Waals surface area (Å²) in [5, 5.41) is 11.6. The van der Waals surface area contributed by atoms with Crippen LogP contribution in [0.3, 0.4) is 0 Å². The molecule has 1 aliphatic heterocycles.